The molecule has 2 nitrogen and oxygen atoms in total. The van der Waals surface area contributed by atoms with E-state index in [2.05, 4.69) is 181 Å². The minimum atomic E-state index is -0.0273. The van der Waals surface area contributed by atoms with Crippen LogP contribution < -0.4 is 0 Å². The van der Waals surface area contributed by atoms with Gasteiger partial charge >= 0.3 is 0 Å². The summed E-state index contributed by atoms with van der Waals surface area (Å²) in [5, 5.41) is 5.07. The monoisotopic (exact) mass is 600 g/mol. The number of aromatic nitrogens is 2. The van der Waals surface area contributed by atoms with Gasteiger partial charge in [0.1, 0.15) is 0 Å². The summed E-state index contributed by atoms with van der Waals surface area (Å²) in [6.45, 7) is 4.70. The van der Waals surface area contributed by atoms with E-state index in [1.54, 1.807) is 0 Å². The van der Waals surface area contributed by atoms with Gasteiger partial charge in [0.2, 0.25) is 0 Å². The quantitative estimate of drug-likeness (QED) is 0.191. The number of hydrogen-bond donors (Lipinski definition) is 0. The normalized spacial score (nSPS) is 13.5. The van der Waals surface area contributed by atoms with Crippen molar-refractivity contribution in [3.8, 4) is 33.6 Å². The zero-order valence-corrected chi connectivity index (χ0v) is 26.4. The fourth-order valence-corrected chi connectivity index (χ4v) is 8.29. The first-order valence-corrected chi connectivity index (χ1v) is 16.4. The summed E-state index contributed by atoms with van der Waals surface area (Å²) in [6, 6.07) is 58.1. The summed E-state index contributed by atoms with van der Waals surface area (Å²) in [5.41, 5.74) is 15.2. The third-order valence-corrected chi connectivity index (χ3v) is 10.5. The summed E-state index contributed by atoms with van der Waals surface area (Å²) < 4.78 is 4.83. The number of para-hydroxylation sites is 3. The third kappa shape index (κ3) is 3.67. The molecule has 0 amide bonds. The Balaban J connectivity index is 1.15. The maximum absolute atomic E-state index is 2.43. The Kier molecular flexibility index (Phi) is 5.37. The van der Waals surface area contributed by atoms with E-state index in [9.17, 15) is 0 Å². The lowest BCUT2D eigenvalue weighted by Gasteiger charge is -2.22. The summed E-state index contributed by atoms with van der Waals surface area (Å²) in [7, 11) is 0. The van der Waals surface area contributed by atoms with E-state index in [0.29, 0.717) is 0 Å². The maximum Gasteiger partial charge on any atom is 0.0542 e. The maximum atomic E-state index is 2.43. The topological polar surface area (TPSA) is 9.86 Å². The van der Waals surface area contributed by atoms with Crippen molar-refractivity contribution in [2.45, 2.75) is 19.3 Å². The van der Waals surface area contributed by atoms with Gasteiger partial charge in [-0.2, -0.15) is 0 Å². The standard InChI is InChI=1S/C45H32N2/c1-45(2)39-18-7-3-14-33(39)34-24-22-30(27-40(34)45)29-12-11-13-31(26-29)46-43-21-10-6-17-37(43)38-28-32(23-25-44(38)46)47-41-19-8-4-15-35(41)36-16-5-9-20-42(36)47/h3-28H,1-2H3. The summed E-state index contributed by atoms with van der Waals surface area (Å²) in [5.74, 6) is 0. The predicted molar refractivity (Wildman–Crippen MR) is 198 cm³/mol. The molecule has 0 fully saturated rings. The number of hydrogen-bond acceptors (Lipinski definition) is 0. The van der Waals surface area contributed by atoms with Gasteiger partial charge in [-0.15, -0.1) is 0 Å². The molecule has 0 bridgehead atoms. The van der Waals surface area contributed by atoms with Crippen molar-refractivity contribution >= 4 is 43.6 Å². The van der Waals surface area contributed by atoms with Crippen LogP contribution >= 0.6 is 0 Å². The van der Waals surface area contributed by atoms with Gasteiger partial charge in [0.15, 0.2) is 0 Å². The van der Waals surface area contributed by atoms with Crippen LogP contribution in [0.5, 0.6) is 0 Å². The van der Waals surface area contributed by atoms with Crippen molar-refractivity contribution < 1.29 is 0 Å². The van der Waals surface area contributed by atoms with Crippen LogP contribution in [-0.4, -0.2) is 9.13 Å². The molecule has 0 saturated carbocycles. The molecule has 0 unspecified atom stereocenters. The highest BCUT2D eigenvalue weighted by atomic mass is 15.0. The van der Waals surface area contributed by atoms with Crippen molar-refractivity contribution in [1.29, 1.82) is 0 Å². The second kappa shape index (κ2) is 9.57. The average Bonchev–Trinajstić information content (AvgIpc) is 3.71. The second-order valence-electron chi connectivity index (χ2n) is 13.4. The van der Waals surface area contributed by atoms with E-state index in [1.165, 1.54) is 88.4 Å². The first-order valence-electron chi connectivity index (χ1n) is 16.4. The molecule has 47 heavy (non-hydrogen) atoms. The molecule has 0 radical (unpaired) electrons. The van der Waals surface area contributed by atoms with Crippen LogP contribution in [-0.2, 0) is 5.41 Å². The van der Waals surface area contributed by atoms with Crippen molar-refractivity contribution in [2.24, 2.45) is 0 Å². The molecule has 0 atom stereocenters. The largest absolute Gasteiger partial charge is 0.309 e. The fourth-order valence-electron chi connectivity index (χ4n) is 8.29. The predicted octanol–water partition coefficient (Wildman–Crippen LogP) is 11.9. The molecular formula is C45H32N2. The van der Waals surface area contributed by atoms with E-state index in [1.807, 2.05) is 0 Å². The van der Waals surface area contributed by atoms with Gasteiger partial charge in [0.05, 0.1) is 22.1 Å². The van der Waals surface area contributed by atoms with E-state index in [4.69, 9.17) is 0 Å². The van der Waals surface area contributed by atoms with Gasteiger partial charge in [-0.25, -0.2) is 0 Å². The first-order chi connectivity index (χ1) is 23.1. The molecule has 2 heteroatoms. The Morgan fingerprint density at radius 1 is 0.362 bits per heavy atom. The van der Waals surface area contributed by atoms with Gasteiger partial charge in [0, 0.05) is 38.3 Å². The lowest BCUT2D eigenvalue weighted by molar-refractivity contribution is 0.660. The number of benzene rings is 7. The summed E-state index contributed by atoms with van der Waals surface area (Å²) in [6.07, 6.45) is 0. The highest BCUT2D eigenvalue weighted by Crippen LogP contribution is 2.49. The smallest absolute Gasteiger partial charge is 0.0542 e. The first kappa shape index (κ1) is 26.4. The number of fused-ring (bicyclic) bond motifs is 9. The average molecular weight is 601 g/mol. The Morgan fingerprint density at radius 2 is 0.894 bits per heavy atom. The third-order valence-electron chi connectivity index (χ3n) is 10.5. The van der Waals surface area contributed by atoms with Crippen LogP contribution in [0.25, 0.3) is 77.2 Å². The zero-order valence-electron chi connectivity index (χ0n) is 26.4. The Morgan fingerprint density at radius 3 is 1.60 bits per heavy atom. The Bertz CT molecular complexity index is 2660. The SMILES string of the molecule is CC1(C)c2ccccc2-c2ccc(-c3cccc(-n4c5ccccc5c5cc(-n6c7ccccc7c7ccccc76)ccc54)c3)cc21. The highest BCUT2D eigenvalue weighted by Gasteiger charge is 2.35. The van der Waals surface area contributed by atoms with Crippen molar-refractivity contribution in [3.63, 3.8) is 0 Å². The molecule has 0 spiro atoms. The van der Waals surface area contributed by atoms with E-state index in [-0.39, 0.29) is 5.41 Å². The lowest BCUT2D eigenvalue weighted by Crippen LogP contribution is -2.14. The molecule has 2 aromatic heterocycles. The van der Waals surface area contributed by atoms with Crippen LogP contribution in [0.3, 0.4) is 0 Å². The lowest BCUT2D eigenvalue weighted by atomic mass is 9.81. The van der Waals surface area contributed by atoms with Crippen LogP contribution in [0.2, 0.25) is 0 Å². The van der Waals surface area contributed by atoms with E-state index >= 15 is 0 Å². The molecule has 1 aliphatic rings. The molecule has 9 aromatic rings. The van der Waals surface area contributed by atoms with Gasteiger partial charge < -0.3 is 9.13 Å². The number of rotatable bonds is 3. The van der Waals surface area contributed by atoms with Gasteiger partial charge in [-0.05, 0) is 88.0 Å². The molecule has 2 heterocycles. The summed E-state index contributed by atoms with van der Waals surface area (Å²) in [4.78, 5) is 0. The number of nitrogens with zero attached hydrogens (tertiary/aromatic N) is 2. The van der Waals surface area contributed by atoms with Crippen LogP contribution in [0, 0.1) is 0 Å². The van der Waals surface area contributed by atoms with Crippen LogP contribution in [0.15, 0.2) is 158 Å². The zero-order chi connectivity index (χ0) is 31.3. The molecule has 1 aliphatic carbocycles. The minimum Gasteiger partial charge on any atom is -0.309 e. The molecule has 222 valence electrons. The van der Waals surface area contributed by atoms with Crippen LogP contribution in [0.4, 0.5) is 0 Å². The van der Waals surface area contributed by atoms with Gasteiger partial charge in [-0.1, -0.05) is 117 Å². The van der Waals surface area contributed by atoms with Crippen molar-refractivity contribution in [3.05, 3.63) is 169 Å². The fraction of sp³-hybridized carbons (Fsp3) is 0.0667. The second-order valence-corrected chi connectivity index (χ2v) is 13.4. The molecule has 7 aromatic carbocycles. The molecule has 0 aliphatic heterocycles. The highest BCUT2D eigenvalue weighted by molar-refractivity contribution is 6.12. The molecule has 0 saturated heterocycles. The minimum absolute atomic E-state index is 0.0273. The summed E-state index contributed by atoms with van der Waals surface area (Å²) >= 11 is 0. The van der Waals surface area contributed by atoms with Gasteiger partial charge in [0.25, 0.3) is 0 Å². The molecule has 0 N–H and O–H groups in total. The molecular weight excluding hydrogens is 569 g/mol. The molecule has 10 rings (SSSR count). The van der Waals surface area contributed by atoms with Crippen molar-refractivity contribution in [2.75, 3.05) is 0 Å². The van der Waals surface area contributed by atoms with E-state index in [0.717, 1.165) is 0 Å². The van der Waals surface area contributed by atoms with E-state index < -0.39 is 0 Å². The van der Waals surface area contributed by atoms with Gasteiger partial charge in [-0.3, -0.25) is 0 Å². The Labute approximate surface area is 273 Å². The Hall–Kier alpha value is -5.86. The van der Waals surface area contributed by atoms with Crippen molar-refractivity contribution in [1.82, 2.24) is 9.13 Å². The van der Waals surface area contributed by atoms with Crippen LogP contribution in [0.1, 0.15) is 25.0 Å².